The summed E-state index contributed by atoms with van der Waals surface area (Å²) in [4.78, 5) is 11.6. The standard InChI is InChI=1S/C15H18N4O/c16-14-5-1-4-13(12-14)6-7-15(20)17-8-2-10-19-11-3-9-18-19/h1,3-7,9,11-12H,2,8,10,16H2,(H,17,20)/b7-6+. The highest BCUT2D eigenvalue weighted by Crippen LogP contribution is 2.07. The van der Waals surface area contributed by atoms with Gasteiger partial charge in [0.25, 0.3) is 0 Å². The van der Waals surface area contributed by atoms with Crippen LogP contribution in [0.1, 0.15) is 12.0 Å². The fraction of sp³-hybridized carbons (Fsp3) is 0.200. The summed E-state index contributed by atoms with van der Waals surface area (Å²) >= 11 is 0. The van der Waals surface area contributed by atoms with Gasteiger partial charge in [0, 0.05) is 37.2 Å². The van der Waals surface area contributed by atoms with E-state index in [0.29, 0.717) is 12.2 Å². The Bertz CT molecular complexity index is 575. The first-order valence-electron chi connectivity index (χ1n) is 6.53. The van der Waals surface area contributed by atoms with E-state index in [-0.39, 0.29) is 5.91 Å². The Hall–Kier alpha value is -2.56. The summed E-state index contributed by atoms with van der Waals surface area (Å²) in [5, 5.41) is 6.93. The molecule has 0 saturated heterocycles. The summed E-state index contributed by atoms with van der Waals surface area (Å²) < 4.78 is 1.84. The zero-order valence-corrected chi connectivity index (χ0v) is 11.2. The van der Waals surface area contributed by atoms with E-state index in [2.05, 4.69) is 10.4 Å². The second-order valence-electron chi connectivity index (χ2n) is 4.42. The Morgan fingerprint density at radius 1 is 1.40 bits per heavy atom. The minimum absolute atomic E-state index is 0.104. The molecule has 0 atom stereocenters. The number of hydrogen-bond acceptors (Lipinski definition) is 3. The third kappa shape index (κ3) is 4.61. The molecular formula is C15H18N4O. The molecule has 1 heterocycles. The van der Waals surface area contributed by atoms with E-state index in [1.807, 2.05) is 41.2 Å². The van der Waals surface area contributed by atoms with E-state index in [1.54, 1.807) is 12.3 Å². The Morgan fingerprint density at radius 2 is 2.30 bits per heavy atom. The number of amides is 1. The number of nitrogens with one attached hydrogen (secondary N) is 1. The van der Waals surface area contributed by atoms with Crippen molar-refractivity contribution in [1.82, 2.24) is 15.1 Å². The number of hydrogen-bond donors (Lipinski definition) is 2. The van der Waals surface area contributed by atoms with Crippen molar-refractivity contribution < 1.29 is 4.79 Å². The number of benzene rings is 1. The average Bonchev–Trinajstić information content (AvgIpc) is 2.95. The van der Waals surface area contributed by atoms with Gasteiger partial charge in [0.05, 0.1) is 0 Å². The SMILES string of the molecule is Nc1cccc(/C=C/C(=O)NCCCn2cccn2)c1. The van der Waals surface area contributed by atoms with Crippen molar-refractivity contribution in [3.05, 3.63) is 54.4 Å². The Labute approximate surface area is 118 Å². The van der Waals surface area contributed by atoms with E-state index in [0.717, 1.165) is 18.5 Å². The lowest BCUT2D eigenvalue weighted by Gasteiger charge is -2.02. The second-order valence-corrected chi connectivity index (χ2v) is 4.42. The quantitative estimate of drug-likeness (QED) is 0.476. The summed E-state index contributed by atoms with van der Waals surface area (Å²) in [5.41, 5.74) is 7.27. The number of nitrogens with zero attached hydrogens (tertiary/aromatic N) is 2. The fourth-order valence-corrected chi connectivity index (χ4v) is 1.78. The maximum Gasteiger partial charge on any atom is 0.244 e. The third-order valence-corrected chi connectivity index (χ3v) is 2.76. The molecule has 0 saturated carbocycles. The van der Waals surface area contributed by atoms with Crippen LogP contribution in [0.5, 0.6) is 0 Å². The molecule has 0 aliphatic heterocycles. The smallest absolute Gasteiger partial charge is 0.244 e. The van der Waals surface area contributed by atoms with Crippen molar-refractivity contribution in [2.75, 3.05) is 12.3 Å². The summed E-state index contributed by atoms with van der Waals surface area (Å²) in [6.07, 6.45) is 7.76. The molecular weight excluding hydrogens is 252 g/mol. The number of carbonyl (C=O) groups is 1. The highest BCUT2D eigenvalue weighted by Gasteiger charge is 1.96. The maximum absolute atomic E-state index is 11.6. The summed E-state index contributed by atoms with van der Waals surface area (Å²) in [6.45, 7) is 1.42. The van der Waals surface area contributed by atoms with Gasteiger partial charge in [0.15, 0.2) is 0 Å². The van der Waals surface area contributed by atoms with Crippen molar-refractivity contribution in [3.8, 4) is 0 Å². The molecule has 1 aromatic carbocycles. The Kier molecular flexibility index (Phi) is 4.94. The minimum Gasteiger partial charge on any atom is -0.399 e. The molecule has 0 bridgehead atoms. The van der Waals surface area contributed by atoms with Gasteiger partial charge in [-0.1, -0.05) is 12.1 Å². The van der Waals surface area contributed by atoms with Crippen LogP contribution >= 0.6 is 0 Å². The zero-order chi connectivity index (χ0) is 14.2. The molecule has 0 aliphatic rings. The first-order valence-corrected chi connectivity index (χ1v) is 6.53. The number of nitrogens with two attached hydrogens (primary N) is 1. The summed E-state index contributed by atoms with van der Waals surface area (Å²) in [5.74, 6) is -0.104. The van der Waals surface area contributed by atoms with Gasteiger partial charge in [-0.25, -0.2) is 0 Å². The van der Waals surface area contributed by atoms with Gasteiger partial charge in [-0.2, -0.15) is 5.10 Å². The average molecular weight is 270 g/mol. The Morgan fingerprint density at radius 3 is 3.05 bits per heavy atom. The van der Waals surface area contributed by atoms with Crippen molar-refractivity contribution in [2.45, 2.75) is 13.0 Å². The minimum atomic E-state index is -0.104. The molecule has 5 nitrogen and oxygen atoms in total. The topological polar surface area (TPSA) is 72.9 Å². The summed E-state index contributed by atoms with van der Waals surface area (Å²) in [7, 11) is 0. The second kappa shape index (κ2) is 7.13. The molecule has 0 fully saturated rings. The predicted octanol–water partition coefficient (Wildman–Crippen LogP) is 1.69. The van der Waals surface area contributed by atoms with Crippen LogP contribution in [0.15, 0.2) is 48.8 Å². The van der Waals surface area contributed by atoms with Crippen LogP contribution in [0.4, 0.5) is 5.69 Å². The van der Waals surface area contributed by atoms with E-state index in [9.17, 15) is 4.79 Å². The number of rotatable bonds is 6. The van der Waals surface area contributed by atoms with Gasteiger partial charge in [-0.05, 0) is 36.3 Å². The molecule has 0 spiro atoms. The van der Waals surface area contributed by atoms with Crippen molar-refractivity contribution in [1.29, 1.82) is 0 Å². The highest BCUT2D eigenvalue weighted by atomic mass is 16.1. The maximum atomic E-state index is 11.6. The largest absolute Gasteiger partial charge is 0.399 e. The molecule has 0 aliphatic carbocycles. The first-order chi connectivity index (χ1) is 9.74. The molecule has 2 rings (SSSR count). The molecule has 2 aromatic rings. The fourth-order valence-electron chi connectivity index (χ4n) is 1.78. The first kappa shape index (κ1) is 13.9. The number of aryl methyl sites for hydroxylation is 1. The van der Waals surface area contributed by atoms with Crippen LogP contribution in [0, 0.1) is 0 Å². The van der Waals surface area contributed by atoms with E-state index in [4.69, 9.17) is 5.73 Å². The van der Waals surface area contributed by atoms with Crippen LogP contribution in [-0.4, -0.2) is 22.2 Å². The van der Waals surface area contributed by atoms with Crippen LogP contribution in [0.25, 0.3) is 6.08 Å². The number of aromatic nitrogens is 2. The van der Waals surface area contributed by atoms with Gasteiger partial charge in [-0.3, -0.25) is 9.48 Å². The monoisotopic (exact) mass is 270 g/mol. The van der Waals surface area contributed by atoms with Crippen molar-refractivity contribution in [2.24, 2.45) is 0 Å². The molecule has 5 heteroatoms. The lowest BCUT2D eigenvalue weighted by Crippen LogP contribution is -2.23. The molecule has 0 radical (unpaired) electrons. The molecule has 1 aromatic heterocycles. The van der Waals surface area contributed by atoms with Crippen LogP contribution in [0.2, 0.25) is 0 Å². The molecule has 3 N–H and O–H groups in total. The summed E-state index contributed by atoms with van der Waals surface area (Å²) in [6, 6.07) is 9.27. The number of nitrogen functional groups attached to an aromatic ring is 1. The third-order valence-electron chi connectivity index (χ3n) is 2.76. The van der Waals surface area contributed by atoms with Gasteiger partial charge in [0.1, 0.15) is 0 Å². The number of anilines is 1. The van der Waals surface area contributed by atoms with E-state index >= 15 is 0 Å². The van der Waals surface area contributed by atoms with Gasteiger partial charge >= 0.3 is 0 Å². The predicted molar refractivity (Wildman–Crippen MR) is 79.7 cm³/mol. The van der Waals surface area contributed by atoms with Crippen LogP contribution in [-0.2, 0) is 11.3 Å². The van der Waals surface area contributed by atoms with Crippen molar-refractivity contribution >= 4 is 17.7 Å². The van der Waals surface area contributed by atoms with E-state index < -0.39 is 0 Å². The number of carbonyl (C=O) groups excluding carboxylic acids is 1. The molecule has 1 amide bonds. The zero-order valence-electron chi connectivity index (χ0n) is 11.2. The van der Waals surface area contributed by atoms with Crippen molar-refractivity contribution in [3.63, 3.8) is 0 Å². The van der Waals surface area contributed by atoms with Crippen LogP contribution in [0.3, 0.4) is 0 Å². The highest BCUT2D eigenvalue weighted by molar-refractivity contribution is 5.91. The van der Waals surface area contributed by atoms with E-state index in [1.165, 1.54) is 6.08 Å². The lowest BCUT2D eigenvalue weighted by molar-refractivity contribution is -0.116. The molecule has 104 valence electrons. The lowest BCUT2D eigenvalue weighted by atomic mass is 10.2. The normalized spacial score (nSPS) is 10.8. The van der Waals surface area contributed by atoms with Crippen LogP contribution < -0.4 is 11.1 Å². The molecule has 0 unspecified atom stereocenters. The van der Waals surface area contributed by atoms with Gasteiger partial charge in [0.2, 0.25) is 5.91 Å². The van der Waals surface area contributed by atoms with Gasteiger partial charge in [-0.15, -0.1) is 0 Å². The van der Waals surface area contributed by atoms with Gasteiger partial charge < -0.3 is 11.1 Å². The molecule has 20 heavy (non-hydrogen) atoms. The Balaban J connectivity index is 1.70.